The monoisotopic (exact) mass is 564 g/mol. The van der Waals surface area contributed by atoms with Gasteiger partial charge in [0.1, 0.15) is 35.0 Å². The lowest BCUT2D eigenvalue weighted by Crippen LogP contribution is -2.53. The highest BCUT2D eigenvalue weighted by Gasteiger charge is 2.36. The summed E-state index contributed by atoms with van der Waals surface area (Å²) in [6.45, 7) is 7.20. The van der Waals surface area contributed by atoms with E-state index in [1.54, 1.807) is 39.8 Å². The van der Waals surface area contributed by atoms with Crippen LogP contribution >= 0.6 is 0 Å². The number of amides is 1. The maximum absolute atomic E-state index is 13.8. The minimum Gasteiger partial charge on any atom is -0.457 e. The highest BCUT2D eigenvalue weighted by Crippen LogP contribution is 2.28. The molecule has 2 N–H and O–H groups in total. The molecule has 6 rings (SSSR count). The van der Waals surface area contributed by atoms with Crippen LogP contribution < -0.4 is 16.2 Å². The van der Waals surface area contributed by atoms with Crippen LogP contribution in [0, 0.1) is 17.2 Å². The van der Waals surface area contributed by atoms with Gasteiger partial charge in [-0.3, -0.25) is 18.8 Å². The average Bonchev–Trinajstić information content (AvgIpc) is 3.20. The number of imidazole rings is 1. The predicted molar refractivity (Wildman–Crippen MR) is 158 cm³/mol. The summed E-state index contributed by atoms with van der Waals surface area (Å²) in [5.41, 5.74) is 7.19. The Morgan fingerprint density at radius 1 is 1.10 bits per heavy atom. The molecule has 214 valence electrons. The van der Waals surface area contributed by atoms with E-state index in [-0.39, 0.29) is 34.4 Å². The molecule has 2 fully saturated rings. The summed E-state index contributed by atoms with van der Waals surface area (Å²) < 4.78 is 8.98. The van der Waals surface area contributed by atoms with Crippen molar-refractivity contribution in [3.8, 4) is 23.3 Å². The molecule has 2 aliphatic rings. The Morgan fingerprint density at radius 2 is 1.79 bits per heavy atom. The zero-order chi connectivity index (χ0) is 29.4. The van der Waals surface area contributed by atoms with Crippen molar-refractivity contribution in [3.05, 3.63) is 83.1 Å². The maximum Gasteiger partial charge on any atom is 0.335 e. The SMILES string of the molecule is CC(C)(/C=C(/C#N)C(=O)N1CC(Cn2c(=O)n(-c3ccc(Oc4ccccc4)cc3)c3c(N)ncnc32)C1)N1CCC1. The van der Waals surface area contributed by atoms with Crippen LogP contribution in [0.3, 0.4) is 0 Å². The summed E-state index contributed by atoms with van der Waals surface area (Å²) in [5, 5.41) is 9.72. The number of rotatable bonds is 8. The van der Waals surface area contributed by atoms with Crippen molar-refractivity contribution in [2.45, 2.75) is 32.4 Å². The van der Waals surface area contributed by atoms with Crippen molar-refractivity contribution in [2.24, 2.45) is 5.92 Å². The summed E-state index contributed by atoms with van der Waals surface area (Å²) in [5.74, 6) is 1.28. The standard InChI is InChI=1S/C31H32N8O3/c1-31(2,37-13-6-14-37)15-22(16-32)29(40)36-17-21(18-36)19-38-28-26(27(33)34-20-35-28)39(30(38)41)23-9-11-25(12-10-23)42-24-7-4-3-5-8-24/h3-5,7-12,15,20-21H,6,13-14,17-19H2,1-2H3,(H2,33,34,35)/b22-15-. The summed E-state index contributed by atoms with van der Waals surface area (Å²) >= 11 is 0. The van der Waals surface area contributed by atoms with Gasteiger partial charge in [-0.2, -0.15) is 5.26 Å². The minimum atomic E-state index is -0.357. The molecule has 0 spiro atoms. The fourth-order valence-electron chi connectivity index (χ4n) is 5.55. The maximum atomic E-state index is 13.8. The third-order valence-corrected chi connectivity index (χ3v) is 8.01. The summed E-state index contributed by atoms with van der Waals surface area (Å²) in [6, 6.07) is 18.7. The molecule has 2 aromatic heterocycles. The van der Waals surface area contributed by atoms with E-state index in [0.29, 0.717) is 48.0 Å². The van der Waals surface area contributed by atoms with Crippen molar-refractivity contribution >= 4 is 22.9 Å². The molecule has 42 heavy (non-hydrogen) atoms. The van der Waals surface area contributed by atoms with Crippen LogP contribution in [-0.2, 0) is 11.3 Å². The lowest BCUT2D eigenvalue weighted by molar-refractivity contribution is -0.133. The Kier molecular flexibility index (Phi) is 7.00. The van der Waals surface area contributed by atoms with Gasteiger partial charge in [-0.05, 0) is 62.7 Å². The van der Waals surface area contributed by atoms with Crippen molar-refractivity contribution < 1.29 is 9.53 Å². The largest absolute Gasteiger partial charge is 0.457 e. The molecular weight excluding hydrogens is 532 g/mol. The first kappa shape index (κ1) is 27.2. The van der Waals surface area contributed by atoms with Gasteiger partial charge in [-0.25, -0.2) is 14.8 Å². The number of ether oxygens (including phenoxy) is 1. The van der Waals surface area contributed by atoms with Gasteiger partial charge in [0, 0.05) is 44.2 Å². The van der Waals surface area contributed by atoms with Gasteiger partial charge in [0.05, 0.1) is 5.69 Å². The molecule has 11 heteroatoms. The molecular formula is C31H32N8O3. The second-order valence-corrected chi connectivity index (χ2v) is 11.3. The average molecular weight is 565 g/mol. The molecule has 2 aromatic carbocycles. The Bertz CT molecular complexity index is 1760. The molecule has 2 saturated heterocycles. The van der Waals surface area contributed by atoms with Crippen LogP contribution in [0.2, 0.25) is 0 Å². The third-order valence-electron chi connectivity index (χ3n) is 8.01. The first-order chi connectivity index (χ1) is 20.2. The predicted octanol–water partition coefficient (Wildman–Crippen LogP) is 3.35. The first-order valence-corrected chi connectivity index (χ1v) is 14.0. The molecule has 11 nitrogen and oxygen atoms in total. The highest BCUT2D eigenvalue weighted by atomic mass is 16.5. The van der Waals surface area contributed by atoms with Gasteiger partial charge in [-0.1, -0.05) is 18.2 Å². The van der Waals surface area contributed by atoms with Gasteiger partial charge >= 0.3 is 5.69 Å². The Morgan fingerprint density at radius 3 is 2.43 bits per heavy atom. The van der Waals surface area contributed by atoms with E-state index in [9.17, 15) is 14.9 Å². The van der Waals surface area contributed by atoms with Crippen molar-refractivity contribution in [1.82, 2.24) is 28.9 Å². The van der Waals surface area contributed by atoms with E-state index in [2.05, 4.69) is 20.9 Å². The zero-order valence-electron chi connectivity index (χ0n) is 23.6. The number of hydrogen-bond donors (Lipinski definition) is 1. The minimum absolute atomic E-state index is 0.0203. The lowest BCUT2D eigenvalue weighted by atomic mass is 9.93. The van der Waals surface area contributed by atoms with Gasteiger partial charge in [0.2, 0.25) is 0 Å². The molecule has 4 heterocycles. The molecule has 0 atom stereocenters. The number of nitrogens with two attached hydrogens (primary N) is 1. The van der Waals surface area contributed by atoms with E-state index in [1.807, 2.05) is 44.2 Å². The Hall–Kier alpha value is -4.95. The van der Waals surface area contributed by atoms with Crippen LogP contribution in [0.15, 0.2) is 77.4 Å². The molecule has 0 unspecified atom stereocenters. The van der Waals surface area contributed by atoms with Crippen LogP contribution in [-0.4, -0.2) is 66.5 Å². The van der Waals surface area contributed by atoms with Crippen molar-refractivity contribution in [1.29, 1.82) is 5.26 Å². The number of anilines is 1. The van der Waals surface area contributed by atoms with Gasteiger partial charge in [-0.15, -0.1) is 0 Å². The molecule has 4 aromatic rings. The second kappa shape index (κ2) is 10.8. The van der Waals surface area contributed by atoms with Crippen LogP contribution in [0.4, 0.5) is 5.82 Å². The van der Waals surface area contributed by atoms with E-state index < -0.39 is 0 Å². The summed E-state index contributed by atoms with van der Waals surface area (Å²) in [6.07, 6.45) is 4.24. The van der Waals surface area contributed by atoms with E-state index >= 15 is 0 Å². The quantitative estimate of drug-likeness (QED) is 0.254. The molecule has 1 amide bonds. The normalized spacial score (nSPS) is 16.1. The number of carbonyl (C=O) groups is 1. The number of nitrogen functional groups attached to an aromatic ring is 1. The van der Waals surface area contributed by atoms with Crippen molar-refractivity contribution in [3.63, 3.8) is 0 Å². The highest BCUT2D eigenvalue weighted by molar-refractivity contribution is 5.98. The molecule has 0 bridgehead atoms. The van der Waals surface area contributed by atoms with E-state index in [0.717, 1.165) is 19.5 Å². The number of benzene rings is 2. The van der Waals surface area contributed by atoms with E-state index in [1.165, 1.54) is 10.9 Å². The number of carbonyl (C=O) groups excluding carboxylic acids is 1. The molecule has 0 radical (unpaired) electrons. The number of nitriles is 1. The molecule has 0 saturated carbocycles. The van der Waals surface area contributed by atoms with Crippen LogP contribution in [0.25, 0.3) is 16.9 Å². The van der Waals surface area contributed by atoms with E-state index in [4.69, 9.17) is 10.5 Å². The molecule has 0 aliphatic carbocycles. The fraction of sp³-hybridized carbons (Fsp3) is 0.323. The number of fused-ring (bicyclic) bond motifs is 1. The zero-order valence-corrected chi connectivity index (χ0v) is 23.6. The summed E-state index contributed by atoms with van der Waals surface area (Å²) in [4.78, 5) is 39.3. The Labute approximate surface area is 243 Å². The number of aromatic nitrogens is 4. The summed E-state index contributed by atoms with van der Waals surface area (Å²) in [7, 11) is 0. The lowest BCUT2D eigenvalue weighted by Gasteiger charge is -2.43. The van der Waals surface area contributed by atoms with Crippen LogP contribution in [0.5, 0.6) is 11.5 Å². The Balaban J connectivity index is 1.21. The number of hydrogen-bond acceptors (Lipinski definition) is 8. The van der Waals surface area contributed by atoms with Crippen LogP contribution in [0.1, 0.15) is 20.3 Å². The number of para-hydroxylation sites is 1. The van der Waals surface area contributed by atoms with Crippen molar-refractivity contribution in [2.75, 3.05) is 31.9 Å². The smallest absolute Gasteiger partial charge is 0.335 e. The van der Waals surface area contributed by atoms with Gasteiger partial charge < -0.3 is 15.4 Å². The third kappa shape index (κ3) is 5.01. The second-order valence-electron chi connectivity index (χ2n) is 11.3. The van der Waals surface area contributed by atoms with Gasteiger partial charge in [0.25, 0.3) is 5.91 Å². The fourth-order valence-corrected chi connectivity index (χ4v) is 5.55. The number of nitrogens with zero attached hydrogens (tertiary/aromatic N) is 7. The molecule has 2 aliphatic heterocycles. The first-order valence-electron chi connectivity index (χ1n) is 14.0. The topological polar surface area (TPSA) is 135 Å². The number of likely N-dealkylation sites (tertiary alicyclic amines) is 2. The van der Waals surface area contributed by atoms with Gasteiger partial charge in [0.15, 0.2) is 11.5 Å².